The van der Waals surface area contributed by atoms with Crippen LogP contribution in [0.15, 0.2) is 77.8 Å². The summed E-state index contributed by atoms with van der Waals surface area (Å²) in [5.74, 6) is -0.298. The molecule has 40 heavy (non-hydrogen) atoms. The minimum Gasteiger partial charge on any atom is -0.336 e. The Morgan fingerprint density at radius 2 is 1.68 bits per heavy atom. The highest BCUT2D eigenvalue weighted by atomic mass is 32.2. The molecule has 1 fully saturated rings. The molecule has 0 unspecified atom stereocenters. The quantitative estimate of drug-likeness (QED) is 0.310. The summed E-state index contributed by atoms with van der Waals surface area (Å²) in [5.41, 5.74) is 3.51. The number of sulfonamides is 1. The molecular formula is C31H37FN4O3S. The van der Waals surface area contributed by atoms with Crippen LogP contribution in [0.4, 0.5) is 10.1 Å². The van der Waals surface area contributed by atoms with E-state index in [2.05, 4.69) is 14.6 Å². The fraction of sp³-hybridized carbons (Fsp3) is 0.290. The van der Waals surface area contributed by atoms with Crippen LogP contribution in [0.5, 0.6) is 0 Å². The molecule has 0 bridgehead atoms. The van der Waals surface area contributed by atoms with Crippen molar-refractivity contribution in [2.24, 2.45) is 0 Å². The van der Waals surface area contributed by atoms with E-state index >= 15 is 0 Å². The summed E-state index contributed by atoms with van der Waals surface area (Å²) in [6.45, 7) is 10.7. The number of hydrogen-bond acceptors (Lipinski definition) is 5. The number of hydrogen-bond donors (Lipinski definition) is 1. The summed E-state index contributed by atoms with van der Waals surface area (Å²) >= 11 is 0. The number of aromatic nitrogens is 1. The lowest BCUT2D eigenvalue weighted by Gasteiger charge is -2.35. The van der Waals surface area contributed by atoms with Gasteiger partial charge in [-0.2, -0.15) is 0 Å². The van der Waals surface area contributed by atoms with E-state index in [0.717, 1.165) is 10.9 Å². The first-order chi connectivity index (χ1) is 19.2. The largest absolute Gasteiger partial charge is 0.336 e. The van der Waals surface area contributed by atoms with E-state index < -0.39 is 10.0 Å². The lowest BCUT2D eigenvalue weighted by Crippen LogP contribution is -2.48. The van der Waals surface area contributed by atoms with E-state index in [1.807, 2.05) is 32.0 Å². The third kappa shape index (κ3) is 6.48. The van der Waals surface area contributed by atoms with Crippen LogP contribution in [0.25, 0.3) is 10.9 Å². The molecule has 3 aromatic carbocycles. The standard InChI is InChI=1S/C29H29FN4O3S.C2H6.H2/c1-20-8-9-22(18-25(20)30)19-33-13-15-34(16-14-33)29(35)24-10-11-26(21(2)17-24)32-38(36,37)27-7-3-5-23-6-4-12-31-28(23)27;1-2;/h3-12,17-18,32H,13-16,19H2,1-2H3;1-2H3;1H. The minimum atomic E-state index is -3.89. The topological polar surface area (TPSA) is 82.6 Å². The van der Waals surface area contributed by atoms with Gasteiger partial charge in [0.25, 0.3) is 15.9 Å². The third-order valence-electron chi connectivity index (χ3n) is 6.90. The van der Waals surface area contributed by atoms with Crippen molar-refractivity contribution in [3.63, 3.8) is 0 Å². The summed E-state index contributed by atoms with van der Waals surface area (Å²) in [6, 6.07) is 18.9. The Morgan fingerprint density at radius 3 is 2.38 bits per heavy atom. The number of pyridine rings is 1. The van der Waals surface area contributed by atoms with Gasteiger partial charge in [-0.1, -0.05) is 44.2 Å². The second kappa shape index (κ2) is 12.6. The lowest BCUT2D eigenvalue weighted by molar-refractivity contribution is 0.0628. The summed E-state index contributed by atoms with van der Waals surface area (Å²) in [7, 11) is -3.89. The maximum absolute atomic E-state index is 13.9. The van der Waals surface area contributed by atoms with Crippen LogP contribution >= 0.6 is 0 Å². The Balaban J connectivity index is 0.00000151. The number of nitrogens with zero attached hydrogens (tertiary/aromatic N) is 3. The van der Waals surface area contributed by atoms with Crippen molar-refractivity contribution >= 4 is 32.5 Å². The SMILES string of the molecule is CC.Cc1ccc(CN2CCN(C(=O)c3ccc(NS(=O)(=O)c4cccc5cccnc45)c(C)c3)CC2)cc1F.[HH]. The number of carbonyl (C=O) groups excluding carboxylic acids is 1. The predicted octanol–water partition coefficient (Wildman–Crippen LogP) is 6.02. The van der Waals surface area contributed by atoms with E-state index in [9.17, 15) is 17.6 Å². The first-order valence-electron chi connectivity index (χ1n) is 13.5. The molecule has 0 spiro atoms. The molecule has 1 N–H and O–H groups in total. The number of anilines is 1. The molecule has 9 heteroatoms. The Labute approximate surface area is 237 Å². The molecule has 0 radical (unpaired) electrons. The highest BCUT2D eigenvalue weighted by Gasteiger charge is 2.24. The van der Waals surface area contributed by atoms with Gasteiger partial charge in [0, 0.05) is 51.3 Å². The van der Waals surface area contributed by atoms with Gasteiger partial charge in [0.1, 0.15) is 10.7 Å². The Kier molecular flexibility index (Phi) is 9.17. The highest BCUT2D eigenvalue weighted by molar-refractivity contribution is 7.93. The molecule has 1 aromatic heterocycles. The van der Waals surface area contributed by atoms with Crippen molar-refractivity contribution < 1.29 is 19.0 Å². The van der Waals surface area contributed by atoms with Gasteiger partial charge in [-0.05, 0) is 66.9 Å². The number of nitrogens with one attached hydrogen (secondary N) is 1. The van der Waals surface area contributed by atoms with Crippen LogP contribution in [0.1, 0.15) is 42.3 Å². The molecule has 0 aliphatic carbocycles. The van der Waals surface area contributed by atoms with Gasteiger partial charge in [0.05, 0.1) is 11.2 Å². The number of rotatable bonds is 6. The van der Waals surface area contributed by atoms with Crippen molar-refractivity contribution in [1.82, 2.24) is 14.8 Å². The predicted molar refractivity (Wildman–Crippen MR) is 160 cm³/mol. The van der Waals surface area contributed by atoms with Crippen LogP contribution in [-0.2, 0) is 16.6 Å². The summed E-state index contributed by atoms with van der Waals surface area (Å²) in [5, 5.41) is 0.735. The van der Waals surface area contributed by atoms with Crippen molar-refractivity contribution in [3.05, 3.63) is 101 Å². The average molecular weight is 565 g/mol. The number of halogens is 1. The zero-order chi connectivity index (χ0) is 28.9. The molecular weight excluding hydrogens is 527 g/mol. The zero-order valence-electron chi connectivity index (χ0n) is 23.3. The molecule has 4 aromatic rings. The van der Waals surface area contributed by atoms with Gasteiger partial charge in [-0.25, -0.2) is 12.8 Å². The second-order valence-corrected chi connectivity index (χ2v) is 11.3. The summed E-state index contributed by atoms with van der Waals surface area (Å²) < 4.78 is 42.9. The fourth-order valence-corrected chi connectivity index (χ4v) is 6.00. The van der Waals surface area contributed by atoms with E-state index in [-0.39, 0.29) is 18.0 Å². The van der Waals surface area contributed by atoms with Crippen LogP contribution in [0.3, 0.4) is 0 Å². The van der Waals surface area contributed by atoms with Gasteiger partial charge in [0.15, 0.2) is 0 Å². The molecule has 0 saturated carbocycles. The van der Waals surface area contributed by atoms with E-state index in [1.54, 1.807) is 67.4 Å². The first kappa shape index (κ1) is 29.2. The maximum atomic E-state index is 13.9. The molecule has 1 amide bonds. The molecule has 1 aliphatic heterocycles. The van der Waals surface area contributed by atoms with Gasteiger partial charge >= 0.3 is 0 Å². The minimum absolute atomic E-state index is 0. The molecule has 212 valence electrons. The first-order valence-corrected chi connectivity index (χ1v) is 14.9. The number of benzene rings is 3. The van der Waals surface area contributed by atoms with Crippen LogP contribution in [0, 0.1) is 19.7 Å². The van der Waals surface area contributed by atoms with Gasteiger partial charge in [-0.3, -0.25) is 19.4 Å². The fourth-order valence-electron chi connectivity index (χ4n) is 4.69. The van der Waals surface area contributed by atoms with Crippen molar-refractivity contribution in [1.29, 1.82) is 0 Å². The second-order valence-electron chi connectivity index (χ2n) is 9.62. The van der Waals surface area contributed by atoms with Crippen LogP contribution < -0.4 is 4.72 Å². The van der Waals surface area contributed by atoms with E-state index in [4.69, 9.17) is 0 Å². The van der Waals surface area contributed by atoms with Gasteiger partial charge < -0.3 is 4.90 Å². The number of piperazine rings is 1. The molecule has 0 atom stereocenters. The molecule has 5 rings (SSSR count). The number of aryl methyl sites for hydroxylation is 2. The Bertz CT molecular complexity index is 1620. The monoisotopic (exact) mass is 564 g/mol. The number of amides is 1. The molecule has 1 saturated heterocycles. The van der Waals surface area contributed by atoms with Crippen molar-refractivity contribution in [2.75, 3.05) is 30.9 Å². The number of carbonyl (C=O) groups is 1. The highest BCUT2D eigenvalue weighted by Crippen LogP contribution is 2.26. The van der Waals surface area contributed by atoms with Gasteiger partial charge in [0.2, 0.25) is 0 Å². The molecule has 7 nitrogen and oxygen atoms in total. The molecule has 2 heterocycles. The summed E-state index contributed by atoms with van der Waals surface area (Å²) in [4.78, 5) is 21.5. The smallest absolute Gasteiger partial charge is 0.264 e. The van der Waals surface area contributed by atoms with Crippen LogP contribution in [-0.4, -0.2) is 55.3 Å². The Hall–Kier alpha value is -3.82. The third-order valence-corrected chi connectivity index (χ3v) is 8.30. The van der Waals surface area contributed by atoms with Crippen molar-refractivity contribution in [2.45, 2.75) is 39.1 Å². The summed E-state index contributed by atoms with van der Waals surface area (Å²) in [6.07, 6.45) is 1.56. The number of para-hydroxylation sites is 1. The van der Waals surface area contributed by atoms with Crippen LogP contribution in [0.2, 0.25) is 0 Å². The van der Waals surface area contributed by atoms with Crippen molar-refractivity contribution in [3.8, 4) is 0 Å². The van der Waals surface area contributed by atoms with E-state index in [0.29, 0.717) is 60.6 Å². The van der Waals surface area contributed by atoms with Gasteiger partial charge in [-0.15, -0.1) is 0 Å². The van der Waals surface area contributed by atoms with E-state index in [1.165, 1.54) is 6.07 Å². The maximum Gasteiger partial charge on any atom is 0.264 e. The number of fused-ring (bicyclic) bond motifs is 1. The molecule has 1 aliphatic rings. The zero-order valence-corrected chi connectivity index (χ0v) is 24.1. The lowest BCUT2D eigenvalue weighted by atomic mass is 10.1. The Morgan fingerprint density at radius 1 is 0.950 bits per heavy atom. The normalized spacial score (nSPS) is 14.0. The average Bonchev–Trinajstić information content (AvgIpc) is 2.97.